The minimum absolute atomic E-state index is 0.0164. The lowest BCUT2D eigenvalue weighted by atomic mass is 10.1. The molecule has 0 spiro atoms. The number of nitrogens with one attached hydrogen (secondary N) is 1. The zero-order chi connectivity index (χ0) is 11.1. The van der Waals surface area contributed by atoms with Crippen molar-refractivity contribution in [2.45, 2.75) is 6.42 Å². The van der Waals surface area contributed by atoms with E-state index in [4.69, 9.17) is 5.11 Å². The maximum atomic E-state index is 11.4. The fourth-order valence-corrected chi connectivity index (χ4v) is 1.04. The highest BCUT2D eigenvalue weighted by atomic mass is 16.2. The summed E-state index contributed by atoms with van der Waals surface area (Å²) in [6.07, 6.45) is 3.47. The normalized spacial score (nSPS) is 8.93. The number of rotatable bonds is 2. The van der Waals surface area contributed by atoms with E-state index in [2.05, 4.69) is 22.1 Å². The summed E-state index contributed by atoms with van der Waals surface area (Å²) >= 11 is 0. The number of hydrogen-bond donors (Lipinski definition) is 2. The predicted octanol–water partition coefficient (Wildman–Crippen LogP) is 0.175. The fourth-order valence-electron chi connectivity index (χ4n) is 1.04. The number of aliphatic hydroxyl groups is 1. The average molecular weight is 204 g/mol. The van der Waals surface area contributed by atoms with Gasteiger partial charge in [0.25, 0.3) is 5.91 Å². The molecular weight excluding hydrogens is 192 g/mol. The lowest BCUT2D eigenvalue weighted by Crippen LogP contribution is -2.19. The quantitative estimate of drug-likeness (QED) is 0.675. The van der Waals surface area contributed by atoms with Gasteiger partial charge in [0.1, 0.15) is 0 Å². The molecule has 1 heterocycles. The fraction of sp³-hybridized carbons (Fsp3) is 0.273. The van der Waals surface area contributed by atoms with E-state index in [0.717, 1.165) is 0 Å². The molecule has 0 aliphatic carbocycles. The van der Waals surface area contributed by atoms with Gasteiger partial charge in [-0.05, 0) is 6.07 Å². The first kappa shape index (κ1) is 11.2. The molecule has 0 aliphatic heterocycles. The van der Waals surface area contributed by atoms with Crippen LogP contribution in [0.1, 0.15) is 22.3 Å². The largest absolute Gasteiger partial charge is 0.395 e. The van der Waals surface area contributed by atoms with E-state index in [9.17, 15) is 4.79 Å². The Labute approximate surface area is 88.3 Å². The summed E-state index contributed by atoms with van der Waals surface area (Å²) in [6, 6.07) is 1.61. The highest BCUT2D eigenvalue weighted by Gasteiger charge is 2.06. The average Bonchev–Trinajstić information content (AvgIpc) is 2.29. The van der Waals surface area contributed by atoms with Crippen LogP contribution >= 0.6 is 0 Å². The zero-order valence-corrected chi connectivity index (χ0v) is 8.45. The molecule has 1 aromatic rings. The molecule has 2 N–H and O–H groups in total. The minimum atomic E-state index is -0.189. The van der Waals surface area contributed by atoms with Crippen molar-refractivity contribution in [1.29, 1.82) is 0 Å². The minimum Gasteiger partial charge on any atom is -0.395 e. The number of nitrogens with zero attached hydrogens (tertiary/aromatic N) is 1. The van der Waals surface area contributed by atoms with Gasteiger partial charge in [0.05, 0.1) is 17.7 Å². The van der Waals surface area contributed by atoms with Crippen molar-refractivity contribution in [2.75, 3.05) is 13.7 Å². The van der Waals surface area contributed by atoms with Crippen molar-refractivity contribution in [3.05, 3.63) is 29.6 Å². The smallest absolute Gasteiger partial charge is 0.252 e. The first-order valence-corrected chi connectivity index (χ1v) is 4.55. The highest BCUT2D eigenvalue weighted by Crippen LogP contribution is 2.04. The molecule has 0 bridgehead atoms. The van der Waals surface area contributed by atoms with E-state index in [1.54, 1.807) is 19.3 Å². The standard InChI is InChI=1S/C11H12N2O2/c1-12-11(15)10-5-6-13-8-9(10)4-2-3-7-14/h5-6,8,14H,3,7H2,1H3,(H,12,15). The van der Waals surface area contributed by atoms with Crippen LogP contribution in [0.25, 0.3) is 0 Å². The van der Waals surface area contributed by atoms with Crippen LogP contribution in [-0.2, 0) is 0 Å². The second-order valence-electron chi connectivity index (χ2n) is 2.78. The summed E-state index contributed by atoms with van der Waals surface area (Å²) in [4.78, 5) is 15.3. The van der Waals surface area contributed by atoms with Gasteiger partial charge in [-0.15, -0.1) is 0 Å². The van der Waals surface area contributed by atoms with Gasteiger partial charge in [-0.1, -0.05) is 11.8 Å². The summed E-state index contributed by atoms with van der Waals surface area (Å²) in [6.45, 7) is 0.0164. The number of amides is 1. The molecule has 0 saturated carbocycles. The van der Waals surface area contributed by atoms with Crippen LogP contribution in [0.4, 0.5) is 0 Å². The molecule has 0 saturated heterocycles. The number of aromatic nitrogens is 1. The van der Waals surface area contributed by atoms with Crippen LogP contribution in [0.15, 0.2) is 18.5 Å². The Kier molecular flexibility index (Phi) is 4.32. The van der Waals surface area contributed by atoms with E-state index in [-0.39, 0.29) is 12.5 Å². The first-order chi connectivity index (χ1) is 7.29. The molecule has 0 aliphatic rings. The lowest BCUT2D eigenvalue weighted by molar-refractivity contribution is 0.0963. The van der Waals surface area contributed by atoms with Gasteiger partial charge in [-0.25, -0.2) is 0 Å². The Morgan fingerprint density at radius 3 is 3.13 bits per heavy atom. The van der Waals surface area contributed by atoms with Crippen LogP contribution in [0.5, 0.6) is 0 Å². The predicted molar refractivity (Wildman–Crippen MR) is 56.2 cm³/mol. The number of pyridine rings is 1. The van der Waals surface area contributed by atoms with Crippen LogP contribution in [0.2, 0.25) is 0 Å². The molecular formula is C11H12N2O2. The van der Waals surface area contributed by atoms with Gasteiger partial charge < -0.3 is 10.4 Å². The van der Waals surface area contributed by atoms with Gasteiger partial charge in [-0.2, -0.15) is 0 Å². The zero-order valence-electron chi connectivity index (χ0n) is 8.45. The van der Waals surface area contributed by atoms with Gasteiger partial charge in [0, 0.05) is 25.9 Å². The summed E-state index contributed by atoms with van der Waals surface area (Å²) < 4.78 is 0. The molecule has 1 rings (SSSR count). The lowest BCUT2D eigenvalue weighted by Gasteiger charge is -2.01. The van der Waals surface area contributed by atoms with E-state index in [1.807, 2.05) is 0 Å². The molecule has 0 aromatic carbocycles. The second kappa shape index (κ2) is 5.78. The highest BCUT2D eigenvalue weighted by molar-refractivity contribution is 5.96. The molecule has 0 unspecified atom stereocenters. The third-order valence-corrected chi connectivity index (χ3v) is 1.75. The molecule has 78 valence electrons. The van der Waals surface area contributed by atoms with Gasteiger partial charge >= 0.3 is 0 Å². The Hall–Kier alpha value is -1.86. The molecule has 1 aromatic heterocycles. The number of hydrogen-bond acceptors (Lipinski definition) is 3. The first-order valence-electron chi connectivity index (χ1n) is 4.55. The summed E-state index contributed by atoms with van der Waals surface area (Å²) in [5.41, 5.74) is 1.07. The van der Waals surface area contributed by atoms with Crippen molar-refractivity contribution in [1.82, 2.24) is 10.3 Å². The third kappa shape index (κ3) is 3.08. The number of aliphatic hydroxyl groups excluding tert-OH is 1. The van der Waals surface area contributed by atoms with Crippen molar-refractivity contribution in [3.8, 4) is 11.8 Å². The van der Waals surface area contributed by atoms with E-state index < -0.39 is 0 Å². The van der Waals surface area contributed by atoms with E-state index in [0.29, 0.717) is 17.5 Å². The molecule has 1 amide bonds. The number of carbonyl (C=O) groups excluding carboxylic acids is 1. The van der Waals surface area contributed by atoms with Crippen molar-refractivity contribution in [3.63, 3.8) is 0 Å². The van der Waals surface area contributed by atoms with Crippen molar-refractivity contribution < 1.29 is 9.90 Å². The van der Waals surface area contributed by atoms with Gasteiger partial charge in [0.2, 0.25) is 0 Å². The third-order valence-electron chi connectivity index (χ3n) is 1.75. The Morgan fingerprint density at radius 1 is 1.67 bits per heavy atom. The van der Waals surface area contributed by atoms with Crippen molar-refractivity contribution >= 4 is 5.91 Å². The SMILES string of the molecule is CNC(=O)c1ccncc1C#CCCO. The second-order valence-corrected chi connectivity index (χ2v) is 2.78. The van der Waals surface area contributed by atoms with Crippen LogP contribution in [-0.4, -0.2) is 29.7 Å². The Balaban J connectivity index is 2.98. The van der Waals surface area contributed by atoms with Gasteiger partial charge in [-0.3, -0.25) is 9.78 Å². The van der Waals surface area contributed by atoms with Gasteiger partial charge in [0.15, 0.2) is 0 Å². The Morgan fingerprint density at radius 2 is 2.47 bits per heavy atom. The number of carbonyl (C=O) groups is 1. The monoisotopic (exact) mass is 204 g/mol. The maximum absolute atomic E-state index is 11.4. The summed E-state index contributed by atoms with van der Waals surface area (Å²) in [5.74, 6) is 5.36. The Bertz CT molecular complexity index is 405. The van der Waals surface area contributed by atoms with E-state index >= 15 is 0 Å². The molecule has 4 heteroatoms. The maximum Gasteiger partial charge on any atom is 0.252 e. The summed E-state index contributed by atoms with van der Waals surface area (Å²) in [7, 11) is 1.56. The van der Waals surface area contributed by atoms with Crippen LogP contribution in [0.3, 0.4) is 0 Å². The van der Waals surface area contributed by atoms with Crippen LogP contribution < -0.4 is 5.32 Å². The van der Waals surface area contributed by atoms with E-state index in [1.165, 1.54) is 6.20 Å². The van der Waals surface area contributed by atoms with Crippen LogP contribution in [0, 0.1) is 11.8 Å². The molecule has 4 nitrogen and oxygen atoms in total. The molecule has 0 atom stereocenters. The molecule has 0 fully saturated rings. The molecule has 15 heavy (non-hydrogen) atoms. The summed E-state index contributed by atoms with van der Waals surface area (Å²) in [5, 5.41) is 11.1. The topological polar surface area (TPSA) is 62.2 Å². The van der Waals surface area contributed by atoms with Crippen molar-refractivity contribution in [2.24, 2.45) is 0 Å². The molecule has 0 radical (unpaired) electrons.